The molecule has 2 heteroatoms. The molecule has 2 aromatic rings. The number of hydrogen-bond acceptors (Lipinski definition) is 2. The zero-order valence-electron chi connectivity index (χ0n) is 12.1. The normalized spacial score (nSPS) is 11.0. The van der Waals surface area contributed by atoms with Crippen molar-refractivity contribution in [1.82, 2.24) is 0 Å². The second-order valence-corrected chi connectivity index (χ2v) is 4.52. The minimum atomic E-state index is -0.353. The van der Waals surface area contributed by atoms with Crippen molar-refractivity contribution in [3.05, 3.63) is 84.4 Å². The van der Waals surface area contributed by atoms with Crippen LogP contribution < -0.4 is 0 Å². The van der Waals surface area contributed by atoms with E-state index < -0.39 is 0 Å². The minimum absolute atomic E-state index is 0.353. The zero-order chi connectivity index (χ0) is 15.1. The van der Waals surface area contributed by atoms with Gasteiger partial charge in [0.2, 0.25) is 0 Å². The highest BCUT2D eigenvalue weighted by molar-refractivity contribution is 6.10. The number of carbonyl (C=O) groups is 1. The third-order valence-electron chi connectivity index (χ3n) is 3.08. The van der Waals surface area contributed by atoms with E-state index in [9.17, 15) is 4.79 Å². The number of esters is 1. The average molecular weight is 278 g/mol. The first kappa shape index (κ1) is 14.8. The van der Waals surface area contributed by atoms with Crippen molar-refractivity contribution < 1.29 is 9.53 Å². The van der Waals surface area contributed by atoms with E-state index in [0.29, 0.717) is 6.61 Å². The summed E-state index contributed by atoms with van der Waals surface area (Å²) >= 11 is 0. The van der Waals surface area contributed by atoms with E-state index in [1.807, 2.05) is 60.7 Å². The Morgan fingerprint density at radius 2 is 1.52 bits per heavy atom. The summed E-state index contributed by atoms with van der Waals surface area (Å²) in [5.41, 5.74) is 3.51. The molecule has 0 radical (unpaired) electrons. The molecular formula is C19H18O2. The largest absolute Gasteiger partial charge is 0.463 e. The molecule has 2 rings (SSSR count). The van der Waals surface area contributed by atoms with Crippen LogP contribution >= 0.6 is 0 Å². The molecule has 0 heterocycles. The fourth-order valence-corrected chi connectivity index (χ4v) is 2.06. The van der Waals surface area contributed by atoms with Crippen molar-refractivity contribution in [2.75, 3.05) is 6.61 Å². The van der Waals surface area contributed by atoms with Crippen LogP contribution in [0.3, 0.4) is 0 Å². The number of hydrogen-bond donors (Lipinski definition) is 0. The van der Waals surface area contributed by atoms with Crippen molar-refractivity contribution in [1.29, 1.82) is 0 Å². The fraction of sp³-hybridized carbons (Fsp3) is 0.105. The molecule has 21 heavy (non-hydrogen) atoms. The number of allylic oxidation sites excluding steroid dienone is 2. The minimum Gasteiger partial charge on any atom is -0.463 e. The summed E-state index contributed by atoms with van der Waals surface area (Å²) in [7, 11) is 0. The zero-order valence-corrected chi connectivity index (χ0v) is 12.1. The van der Waals surface area contributed by atoms with Crippen LogP contribution in [-0.4, -0.2) is 12.6 Å². The lowest BCUT2D eigenvalue weighted by atomic mass is 9.93. The van der Waals surface area contributed by atoms with Gasteiger partial charge in [-0.15, -0.1) is 0 Å². The van der Waals surface area contributed by atoms with Crippen LogP contribution in [0.1, 0.15) is 18.1 Å². The summed E-state index contributed by atoms with van der Waals surface area (Å²) in [5, 5.41) is 0. The second kappa shape index (κ2) is 7.25. The van der Waals surface area contributed by atoms with Gasteiger partial charge in [0.1, 0.15) is 0 Å². The van der Waals surface area contributed by atoms with Gasteiger partial charge in [-0.3, -0.25) is 0 Å². The highest BCUT2D eigenvalue weighted by Gasteiger charge is 2.10. The van der Waals surface area contributed by atoms with Crippen LogP contribution in [0.5, 0.6) is 0 Å². The van der Waals surface area contributed by atoms with Gasteiger partial charge in [-0.2, -0.15) is 0 Å². The maximum Gasteiger partial charge on any atom is 0.331 e. The molecule has 106 valence electrons. The molecular weight excluding hydrogens is 260 g/mol. The Hall–Kier alpha value is -2.61. The lowest BCUT2D eigenvalue weighted by Crippen LogP contribution is -2.02. The molecule has 2 aromatic carbocycles. The lowest BCUT2D eigenvalue weighted by Gasteiger charge is -2.11. The summed E-state index contributed by atoms with van der Waals surface area (Å²) in [5.74, 6) is -0.353. The van der Waals surface area contributed by atoms with Crippen LogP contribution in [0.15, 0.2) is 73.3 Å². The molecule has 0 unspecified atom stereocenters. The molecule has 0 spiro atoms. The van der Waals surface area contributed by atoms with Gasteiger partial charge in [-0.25, -0.2) is 4.79 Å². The molecule has 0 N–H and O–H groups in total. The standard InChI is InChI=1S/C19H18O2/c1-3-21-19(20)14-18(17-12-8-5-9-13-17)15(2)16-10-6-4-7-11-16/h4-14H,2-3H2,1H3/b18-14-. The van der Waals surface area contributed by atoms with E-state index in [4.69, 9.17) is 4.74 Å². The molecule has 0 aliphatic rings. The topological polar surface area (TPSA) is 26.3 Å². The van der Waals surface area contributed by atoms with E-state index in [0.717, 1.165) is 22.3 Å². The monoisotopic (exact) mass is 278 g/mol. The van der Waals surface area contributed by atoms with Crippen molar-refractivity contribution in [3.63, 3.8) is 0 Å². The van der Waals surface area contributed by atoms with E-state index in [1.165, 1.54) is 6.08 Å². The first-order valence-electron chi connectivity index (χ1n) is 6.91. The lowest BCUT2D eigenvalue weighted by molar-refractivity contribution is -0.137. The van der Waals surface area contributed by atoms with Gasteiger partial charge in [-0.05, 0) is 29.2 Å². The molecule has 0 aliphatic carbocycles. The van der Waals surface area contributed by atoms with E-state index >= 15 is 0 Å². The van der Waals surface area contributed by atoms with Crippen LogP contribution in [0.4, 0.5) is 0 Å². The van der Waals surface area contributed by atoms with Crippen molar-refractivity contribution >= 4 is 17.1 Å². The maximum absolute atomic E-state index is 11.8. The van der Waals surface area contributed by atoms with Crippen LogP contribution in [0.25, 0.3) is 11.1 Å². The van der Waals surface area contributed by atoms with Crippen LogP contribution in [0, 0.1) is 0 Å². The molecule has 0 aliphatic heterocycles. The SMILES string of the molecule is C=C(/C(=C/C(=O)OCC)c1ccccc1)c1ccccc1. The summed E-state index contributed by atoms with van der Waals surface area (Å²) in [6.45, 7) is 6.29. The quantitative estimate of drug-likeness (QED) is 0.462. The third-order valence-corrected chi connectivity index (χ3v) is 3.08. The van der Waals surface area contributed by atoms with Crippen molar-refractivity contribution in [3.8, 4) is 0 Å². The Labute approximate surface area is 125 Å². The fourth-order valence-electron chi connectivity index (χ4n) is 2.06. The van der Waals surface area contributed by atoms with Gasteiger partial charge < -0.3 is 4.74 Å². The Bertz CT molecular complexity index is 640. The smallest absolute Gasteiger partial charge is 0.331 e. The first-order chi connectivity index (χ1) is 10.2. The van der Waals surface area contributed by atoms with Crippen LogP contribution in [0.2, 0.25) is 0 Å². The van der Waals surface area contributed by atoms with E-state index in [1.54, 1.807) is 6.92 Å². The summed E-state index contributed by atoms with van der Waals surface area (Å²) < 4.78 is 5.02. The molecule has 0 saturated carbocycles. The number of carbonyl (C=O) groups excluding carboxylic acids is 1. The summed E-state index contributed by atoms with van der Waals surface area (Å²) in [4.78, 5) is 11.8. The van der Waals surface area contributed by atoms with Crippen molar-refractivity contribution in [2.24, 2.45) is 0 Å². The second-order valence-electron chi connectivity index (χ2n) is 4.52. The van der Waals surface area contributed by atoms with Gasteiger partial charge in [0.15, 0.2) is 0 Å². The van der Waals surface area contributed by atoms with Crippen molar-refractivity contribution in [2.45, 2.75) is 6.92 Å². The molecule has 2 nitrogen and oxygen atoms in total. The average Bonchev–Trinajstić information content (AvgIpc) is 2.54. The molecule has 0 fully saturated rings. The highest BCUT2D eigenvalue weighted by Crippen LogP contribution is 2.29. The van der Waals surface area contributed by atoms with Gasteiger partial charge in [-0.1, -0.05) is 67.2 Å². The van der Waals surface area contributed by atoms with Gasteiger partial charge >= 0.3 is 5.97 Å². The van der Waals surface area contributed by atoms with Gasteiger partial charge in [0.25, 0.3) is 0 Å². The van der Waals surface area contributed by atoms with E-state index in [-0.39, 0.29) is 5.97 Å². The Balaban J connectivity index is 2.42. The van der Waals surface area contributed by atoms with Gasteiger partial charge in [0, 0.05) is 6.08 Å². The molecule has 0 atom stereocenters. The summed E-state index contributed by atoms with van der Waals surface area (Å²) in [6, 6.07) is 19.5. The van der Waals surface area contributed by atoms with E-state index in [2.05, 4.69) is 6.58 Å². The van der Waals surface area contributed by atoms with Crippen LogP contribution in [-0.2, 0) is 9.53 Å². The molecule has 0 bridgehead atoms. The number of benzene rings is 2. The Morgan fingerprint density at radius 1 is 1.00 bits per heavy atom. The Kier molecular flexibility index (Phi) is 5.10. The molecule has 0 amide bonds. The first-order valence-corrected chi connectivity index (χ1v) is 6.91. The Morgan fingerprint density at radius 3 is 2.05 bits per heavy atom. The summed E-state index contributed by atoms with van der Waals surface area (Å²) in [6.07, 6.45) is 1.51. The predicted molar refractivity (Wildman–Crippen MR) is 86.5 cm³/mol. The molecule has 0 saturated heterocycles. The maximum atomic E-state index is 11.8. The molecule has 0 aromatic heterocycles. The predicted octanol–water partition coefficient (Wildman–Crippen LogP) is 4.35. The highest BCUT2D eigenvalue weighted by atomic mass is 16.5. The van der Waals surface area contributed by atoms with Gasteiger partial charge in [0.05, 0.1) is 6.61 Å². The number of rotatable bonds is 5. The number of ether oxygens (including phenoxy) is 1. The third kappa shape index (κ3) is 3.93.